The summed E-state index contributed by atoms with van der Waals surface area (Å²) in [7, 11) is 5.27. The Morgan fingerprint density at radius 1 is 1.20 bits per heavy atom. The number of piperidine rings is 1. The highest BCUT2D eigenvalue weighted by molar-refractivity contribution is 5.79. The van der Waals surface area contributed by atoms with Gasteiger partial charge in [0, 0.05) is 45.1 Å². The number of ether oxygens (including phenoxy) is 1. The van der Waals surface area contributed by atoms with Gasteiger partial charge in [-0.15, -0.1) is 0 Å². The molecule has 1 aliphatic rings. The quantitative estimate of drug-likeness (QED) is 0.594. The van der Waals surface area contributed by atoms with Gasteiger partial charge in [0.15, 0.2) is 0 Å². The molecule has 1 fully saturated rings. The maximum Gasteiger partial charge on any atom is 0.225 e. The molecule has 30 heavy (non-hydrogen) atoms. The largest absolute Gasteiger partial charge is 0.497 e. The molecule has 2 amide bonds. The Kier molecular flexibility index (Phi) is 9.15. The van der Waals surface area contributed by atoms with E-state index in [2.05, 4.69) is 31.3 Å². The predicted octanol–water partition coefficient (Wildman–Crippen LogP) is 3.10. The Morgan fingerprint density at radius 2 is 1.83 bits per heavy atom. The third-order valence-electron chi connectivity index (χ3n) is 6.29. The number of hydrogen-bond donors (Lipinski definition) is 1. The van der Waals surface area contributed by atoms with Crippen LogP contribution in [-0.4, -0.2) is 68.0 Å². The minimum atomic E-state index is 0.00250. The Bertz CT molecular complexity index is 681. The van der Waals surface area contributed by atoms with Crippen molar-refractivity contribution in [3.05, 3.63) is 29.8 Å². The number of benzene rings is 1. The third-order valence-corrected chi connectivity index (χ3v) is 6.29. The van der Waals surface area contributed by atoms with Crippen molar-refractivity contribution in [2.75, 3.05) is 40.8 Å². The molecule has 0 spiro atoms. The Labute approximate surface area is 182 Å². The van der Waals surface area contributed by atoms with Crippen molar-refractivity contribution >= 4 is 11.8 Å². The third kappa shape index (κ3) is 7.01. The van der Waals surface area contributed by atoms with E-state index in [1.54, 1.807) is 26.1 Å². The van der Waals surface area contributed by atoms with Crippen LogP contribution in [0.25, 0.3) is 0 Å². The molecule has 6 heteroatoms. The zero-order valence-electron chi connectivity index (χ0n) is 19.4. The van der Waals surface area contributed by atoms with Gasteiger partial charge in [-0.05, 0) is 63.3 Å². The first kappa shape index (κ1) is 24.2. The smallest absolute Gasteiger partial charge is 0.225 e. The number of nitrogens with one attached hydrogen (secondary N) is 1. The van der Waals surface area contributed by atoms with Crippen LogP contribution in [0.5, 0.6) is 5.75 Å². The molecular weight excluding hydrogens is 378 g/mol. The van der Waals surface area contributed by atoms with Crippen LogP contribution in [0.4, 0.5) is 0 Å². The number of carbonyl (C=O) groups is 2. The molecule has 0 aliphatic carbocycles. The molecule has 6 nitrogen and oxygen atoms in total. The molecule has 1 N–H and O–H groups in total. The number of carbonyl (C=O) groups excluding carboxylic acids is 2. The number of nitrogens with zero attached hydrogens (tertiary/aromatic N) is 2. The molecule has 1 aromatic carbocycles. The minimum Gasteiger partial charge on any atom is -0.497 e. The van der Waals surface area contributed by atoms with Crippen LogP contribution in [0.3, 0.4) is 0 Å². The lowest BCUT2D eigenvalue weighted by Gasteiger charge is -2.33. The van der Waals surface area contributed by atoms with E-state index in [0.29, 0.717) is 19.5 Å². The molecule has 0 saturated carbocycles. The molecule has 2 rings (SSSR count). The van der Waals surface area contributed by atoms with Gasteiger partial charge >= 0.3 is 0 Å². The molecule has 1 atom stereocenters. The van der Waals surface area contributed by atoms with Gasteiger partial charge in [0.1, 0.15) is 5.75 Å². The second-order valence-corrected chi connectivity index (χ2v) is 8.86. The van der Waals surface area contributed by atoms with E-state index in [0.717, 1.165) is 44.4 Å². The first-order valence-electron chi connectivity index (χ1n) is 11.1. The van der Waals surface area contributed by atoms with E-state index in [1.807, 2.05) is 17.0 Å². The summed E-state index contributed by atoms with van der Waals surface area (Å²) >= 11 is 0. The van der Waals surface area contributed by atoms with E-state index in [4.69, 9.17) is 4.74 Å². The molecule has 1 saturated heterocycles. The van der Waals surface area contributed by atoms with Crippen molar-refractivity contribution < 1.29 is 14.3 Å². The number of methoxy groups -OCH3 is 1. The van der Waals surface area contributed by atoms with Crippen LogP contribution in [0, 0.1) is 5.92 Å². The number of likely N-dealkylation sites (tertiary alicyclic amines) is 1. The SMILES string of the molecule is CCC(C)(Cc1ccc(OC)cc1)NCCCC(=O)N1CCC(C(=O)N(C)C)CC1. The lowest BCUT2D eigenvalue weighted by molar-refractivity contribution is -0.139. The first-order chi connectivity index (χ1) is 14.3. The molecule has 1 unspecified atom stereocenters. The highest BCUT2D eigenvalue weighted by Crippen LogP contribution is 2.21. The number of hydrogen-bond acceptors (Lipinski definition) is 4. The van der Waals surface area contributed by atoms with E-state index in [1.165, 1.54) is 5.56 Å². The predicted molar refractivity (Wildman–Crippen MR) is 121 cm³/mol. The van der Waals surface area contributed by atoms with Crippen molar-refractivity contribution in [2.24, 2.45) is 5.92 Å². The monoisotopic (exact) mass is 417 g/mol. The fourth-order valence-corrected chi connectivity index (χ4v) is 4.04. The van der Waals surface area contributed by atoms with Gasteiger partial charge in [-0.2, -0.15) is 0 Å². The number of rotatable bonds is 10. The summed E-state index contributed by atoms with van der Waals surface area (Å²) in [6.07, 6.45) is 4.89. The van der Waals surface area contributed by atoms with Gasteiger partial charge < -0.3 is 19.9 Å². The van der Waals surface area contributed by atoms with E-state index < -0.39 is 0 Å². The first-order valence-corrected chi connectivity index (χ1v) is 11.1. The fourth-order valence-electron chi connectivity index (χ4n) is 4.04. The topological polar surface area (TPSA) is 61.9 Å². The van der Waals surface area contributed by atoms with Gasteiger partial charge in [0.2, 0.25) is 11.8 Å². The molecule has 1 heterocycles. The normalized spacial score (nSPS) is 16.8. The van der Waals surface area contributed by atoms with Crippen LogP contribution in [-0.2, 0) is 16.0 Å². The van der Waals surface area contributed by atoms with Crippen LogP contribution in [0.2, 0.25) is 0 Å². The van der Waals surface area contributed by atoms with Crippen molar-refractivity contribution in [3.8, 4) is 5.75 Å². The van der Waals surface area contributed by atoms with Crippen molar-refractivity contribution in [1.82, 2.24) is 15.1 Å². The maximum atomic E-state index is 12.5. The average Bonchev–Trinajstić information content (AvgIpc) is 2.76. The Hall–Kier alpha value is -2.08. The van der Waals surface area contributed by atoms with Crippen LogP contribution >= 0.6 is 0 Å². The Morgan fingerprint density at radius 3 is 2.37 bits per heavy atom. The van der Waals surface area contributed by atoms with Gasteiger partial charge in [-0.25, -0.2) is 0 Å². The summed E-state index contributed by atoms with van der Waals surface area (Å²) in [5, 5.41) is 3.66. The van der Waals surface area contributed by atoms with Crippen LogP contribution in [0.1, 0.15) is 51.5 Å². The number of amides is 2. The summed E-state index contributed by atoms with van der Waals surface area (Å²) in [5.74, 6) is 1.33. The highest BCUT2D eigenvalue weighted by Gasteiger charge is 2.28. The van der Waals surface area contributed by atoms with Crippen LogP contribution in [0.15, 0.2) is 24.3 Å². The summed E-state index contributed by atoms with van der Waals surface area (Å²) in [6.45, 7) is 6.65. The van der Waals surface area contributed by atoms with E-state index in [-0.39, 0.29) is 23.3 Å². The standard InChI is InChI=1S/C24H39N3O3/c1-6-24(2,18-19-9-11-21(30-5)12-10-19)25-15-7-8-22(28)27-16-13-20(14-17-27)23(29)26(3)4/h9-12,20,25H,6-8,13-18H2,1-5H3. The molecule has 1 aliphatic heterocycles. The molecular formula is C24H39N3O3. The lowest BCUT2D eigenvalue weighted by Crippen LogP contribution is -2.45. The molecule has 1 aromatic rings. The average molecular weight is 418 g/mol. The second kappa shape index (κ2) is 11.3. The molecule has 0 radical (unpaired) electrons. The molecule has 0 aromatic heterocycles. The van der Waals surface area contributed by atoms with Gasteiger partial charge in [0.25, 0.3) is 0 Å². The van der Waals surface area contributed by atoms with Gasteiger partial charge in [0.05, 0.1) is 7.11 Å². The maximum absolute atomic E-state index is 12.5. The van der Waals surface area contributed by atoms with Crippen molar-refractivity contribution in [3.63, 3.8) is 0 Å². The second-order valence-electron chi connectivity index (χ2n) is 8.86. The van der Waals surface area contributed by atoms with Crippen LogP contribution < -0.4 is 10.1 Å². The summed E-state index contributed by atoms with van der Waals surface area (Å²) in [4.78, 5) is 28.2. The lowest BCUT2D eigenvalue weighted by atomic mass is 9.90. The van der Waals surface area contributed by atoms with Crippen molar-refractivity contribution in [1.29, 1.82) is 0 Å². The summed E-state index contributed by atoms with van der Waals surface area (Å²) in [6, 6.07) is 8.23. The van der Waals surface area contributed by atoms with E-state index in [9.17, 15) is 9.59 Å². The summed E-state index contributed by atoms with van der Waals surface area (Å²) in [5.41, 5.74) is 1.28. The van der Waals surface area contributed by atoms with Crippen molar-refractivity contribution in [2.45, 2.75) is 57.9 Å². The Balaban J connectivity index is 1.72. The molecule has 168 valence electrons. The van der Waals surface area contributed by atoms with E-state index >= 15 is 0 Å². The van der Waals surface area contributed by atoms with Gasteiger partial charge in [-0.1, -0.05) is 19.1 Å². The fraction of sp³-hybridized carbons (Fsp3) is 0.667. The minimum absolute atomic E-state index is 0.00250. The highest BCUT2D eigenvalue weighted by atomic mass is 16.5. The zero-order valence-corrected chi connectivity index (χ0v) is 19.4. The zero-order chi connectivity index (χ0) is 22.1. The summed E-state index contributed by atoms with van der Waals surface area (Å²) < 4.78 is 5.24. The molecule has 0 bridgehead atoms. The van der Waals surface area contributed by atoms with Gasteiger partial charge in [-0.3, -0.25) is 9.59 Å².